The highest BCUT2D eigenvalue weighted by Gasteiger charge is 2.21. The number of methoxy groups -OCH3 is 1. The van der Waals surface area contributed by atoms with Gasteiger partial charge in [0.2, 0.25) is 0 Å². The van der Waals surface area contributed by atoms with Gasteiger partial charge in [0.25, 0.3) is 5.91 Å². The van der Waals surface area contributed by atoms with Gasteiger partial charge < -0.3 is 14.8 Å². The number of aromatic nitrogens is 1. The van der Waals surface area contributed by atoms with Crippen LogP contribution in [0.4, 0.5) is 5.69 Å². The number of nitrogens with zero attached hydrogens (tertiary/aromatic N) is 1. The van der Waals surface area contributed by atoms with Crippen LogP contribution in [0, 0.1) is 13.8 Å². The standard InChI is InChI=1S/C22H22N2O4/c1-14-8-4-6-10-17(14)24-20(25)13-28-22(26)21-15(2)16-9-5-7-11-18(16)23-19(21)12-27-3/h4-11H,12-13H2,1-3H3,(H,24,25). The molecule has 0 aliphatic carbocycles. The van der Waals surface area contributed by atoms with Crippen molar-refractivity contribution in [3.05, 3.63) is 70.9 Å². The zero-order chi connectivity index (χ0) is 20.1. The van der Waals surface area contributed by atoms with E-state index in [1.807, 2.05) is 56.3 Å². The predicted molar refractivity (Wildman–Crippen MR) is 107 cm³/mol. The first-order valence-corrected chi connectivity index (χ1v) is 8.91. The van der Waals surface area contributed by atoms with Gasteiger partial charge in [-0.25, -0.2) is 9.78 Å². The second-order valence-electron chi connectivity index (χ2n) is 6.45. The molecule has 0 fully saturated rings. The quantitative estimate of drug-likeness (QED) is 0.660. The third kappa shape index (κ3) is 4.18. The Kier molecular flexibility index (Phi) is 6.01. The van der Waals surface area contributed by atoms with E-state index >= 15 is 0 Å². The molecule has 1 aromatic heterocycles. The molecule has 1 N–H and O–H groups in total. The minimum absolute atomic E-state index is 0.172. The minimum atomic E-state index is -0.595. The van der Waals surface area contributed by atoms with Gasteiger partial charge in [0.1, 0.15) is 0 Å². The van der Waals surface area contributed by atoms with Gasteiger partial charge in [0.05, 0.1) is 23.4 Å². The minimum Gasteiger partial charge on any atom is -0.452 e. The molecule has 6 heteroatoms. The molecule has 28 heavy (non-hydrogen) atoms. The Bertz CT molecular complexity index is 1030. The molecule has 144 valence electrons. The highest BCUT2D eigenvalue weighted by Crippen LogP contribution is 2.24. The molecule has 3 rings (SSSR count). The van der Waals surface area contributed by atoms with Gasteiger partial charge in [-0.2, -0.15) is 0 Å². The summed E-state index contributed by atoms with van der Waals surface area (Å²) in [6.45, 7) is 3.52. The molecule has 0 saturated carbocycles. The third-order valence-corrected chi connectivity index (χ3v) is 4.47. The van der Waals surface area contributed by atoms with Crippen LogP contribution >= 0.6 is 0 Å². The van der Waals surface area contributed by atoms with Crippen LogP contribution in [0.3, 0.4) is 0 Å². The second kappa shape index (κ2) is 8.63. The number of fused-ring (bicyclic) bond motifs is 1. The number of ether oxygens (including phenoxy) is 2. The maximum Gasteiger partial charge on any atom is 0.340 e. The number of amides is 1. The average molecular weight is 378 g/mol. The third-order valence-electron chi connectivity index (χ3n) is 4.47. The number of para-hydroxylation sites is 2. The Morgan fingerprint density at radius 3 is 2.50 bits per heavy atom. The monoisotopic (exact) mass is 378 g/mol. The number of carbonyl (C=O) groups is 2. The Hall–Kier alpha value is -3.25. The molecule has 0 saturated heterocycles. The summed E-state index contributed by atoms with van der Waals surface area (Å²) in [5, 5.41) is 3.60. The number of nitrogens with one attached hydrogen (secondary N) is 1. The van der Waals surface area contributed by atoms with Crippen LogP contribution in [0.1, 0.15) is 27.2 Å². The highest BCUT2D eigenvalue weighted by molar-refractivity contribution is 6.00. The number of pyridine rings is 1. The molecule has 3 aromatic rings. The molecule has 0 radical (unpaired) electrons. The Morgan fingerprint density at radius 1 is 1.04 bits per heavy atom. The Labute approximate surface area is 163 Å². The number of carbonyl (C=O) groups excluding carboxylic acids is 2. The number of rotatable bonds is 6. The lowest BCUT2D eigenvalue weighted by Crippen LogP contribution is -2.22. The van der Waals surface area contributed by atoms with Gasteiger partial charge in [-0.1, -0.05) is 36.4 Å². The zero-order valence-corrected chi connectivity index (χ0v) is 16.1. The molecule has 0 bridgehead atoms. The highest BCUT2D eigenvalue weighted by atomic mass is 16.5. The second-order valence-corrected chi connectivity index (χ2v) is 6.45. The van der Waals surface area contributed by atoms with Crippen molar-refractivity contribution in [1.29, 1.82) is 0 Å². The summed E-state index contributed by atoms with van der Waals surface area (Å²) in [4.78, 5) is 29.4. The zero-order valence-electron chi connectivity index (χ0n) is 16.1. The van der Waals surface area contributed by atoms with E-state index in [-0.39, 0.29) is 13.2 Å². The molecule has 6 nitrogen and oxygen atoms in total. The molecule has 0 unspecified atom stereocenters. The van der Waals surface area contributed by atoms with Crippen LogP contribution in [0.2, 0.25) is 0 Å². The molecule has 1 heterocycles. The van der Waals surface area contributed by atoms with E-state index in [2.05, 4.69) is 10.3 Å². The number of esters is 1. The summed E-state index contributed by atoms with van der Waals surface area (Å²) < 4.78 is 10.5. The summed E-state index contributed by atoms with van der Waals surface area (Å²) in [7, 11) is 1.54. The van der Waals surface area contributed by atoms with Crippen LogP contribution in [0.5, 0.6) is 0 Å². The number of aryl methyl sites for hydroxylation is 2. The summed E-state index contributed by atoms with van der Waals surface area (Å²) in [6.07, 6.45) is 0. The smallest absolute Gasteiger partial charge is 0.340 e. The largest absolute Gasteiger partial charge is 0.452 e. The van der Waals surface area contributed by atoms with E-state index < -0.39 is 11.9 Å². The normalized spacial score (nSPS) is 10.7. The van der Waals surface area contributed by atoms with Gasteiger partial charge >= 0.3 is 5.97 Å². The fourth-order valence-electron chi connectivity index (χ4n) is 3.06. The lowest BCUT2D eigenvalue weighted by Gasteiger charge is -2.14. The molecule has 0 atom stereocenters. The van der Waals surface area contributed by atoms with Crippen molar-refractivity contribution in [3.63, 3.8) is 0 Å². The van der Waals surface area contributed by atoms with E-state index in [4.69, 9.17) is 9.47 Å². The van der Waals surface area contributed by atoms with E-state index in [1.54, 1.807) is 6.07 Å². The van der Waals surface area contributed by atoms with Gasteiger partial charge in [-0.05, 0) is 37.1 Å². The number of benzene rings is 2. The van der Waals surface area contributed by atoms with E-state index in [0.717, 1.165) is 22.0 Å². The first kappa shape index (κ1) is 19.5. The van der Waals surface area contributed by atoms with E-state index in [9.17, 15) is 9.59 Å². The van der Waals surface area contributed by atoms with Crippen molar-refractivity contribution in [1.82, 2.24) is 4.98 Å². The van der Waals surface area contributed by atoms with Gasteiger partial charge in [-0.15, -0.1) is 0 Å². The van der Waals surface area contributed by atoms with Crippen molar-refractivity contribution in [2.45, 2.75) is 20.5 Å². The van der Waals surface area contributed by atoms with Gasteiger partial charge in [0.15, 0.2) is 6.61 Å². The van der Waals surface area contributed by atoms with Crippen LogP contribution in [0.15, 0.2) is 48.5 Å². The SMILES string of the molecule is COCc1nc2ccccc2c(C)c1C(=O)OCC(=O)Nc1ccccc1C. The van der Waals surface area contributed by atoms with Crippen LogP contribution < -0.4 is 5.32 Å². The lowest BCUT2D eigenvalue weighted by molar-refractivity contribution is -0.119. The molecular formula is C22H22N2O4. The number of hydrogen-bond acceptors (Lipinski definition) is 5. The maximum atomic E-state index is 12.7. The number of anilines is 1. The fourth-order valence-corrected chi connectivity index (χ4v) is 3.06. The summed E-state index contributed by atoms with van der Waals surface area (Å²) in [5.74, 6) is -0.995. The van der Waals surface area contributed by atoms with Crippen molar-refractivity contribution in [2.24, 2.45) is 0 Å². The predicted octanol–water partition coefficient (Wildman–Crippen LogP) is 3.79. The van der Waals surface area contributed by atoms with E-state index in [0.29, 0.717) is 16.9 Å². The molecule has 0 aliphatic rings. The summed E-state index contributed by atoms with van der Waals surface area (Å²) >= 11 is 0. The van der Waals surface area contributed by atoms with Gasteiger partial charge in [-0.3, -0.25) is 4.79 Å². The van der Waals surface area contributed by atoms with Crippen molar-refractivity contribution in [3.8, 4) is 0 Å². The molecule has 0 spiro atoms. The summed E-state index contributed by atoms with van der Waals surface area (Å²) in [5.41, 5.74) is 3.97. The van der Waals surface area contributed by atoms with Crippen LogP contribution in [0.25, 0.3) is 10.9 Å². The van der Waals surface area contributed by atoms with Crippen LogP contribution in [-0.2, 0) is 20.9 Å². The lowest BCUT2D eigenvalue weighted by atomic mass is 10.0. The maximum absolute atomic E-state index is 12.7. The average Bonchev–Trinajstić information content (AvgIpc) is 2.68. The molecular weight excluding hydrogens is 356 g/mol. The van der Waals surface area contributed by atoms with Crippen molar-refractivity contribution in [2.75, 3.05) is 19.0 Å². The first-order valence-electron chi connectivity index (χ1n) is 8.91. The number of hydrogen-bond donors (Lipinski definition) is 1. The van der Waals surface area contributed by atoms with Crippen molar-refractivity contribution >= 4 is 28.5 Å². The summed E-state index contributed by atoms with van der Waals surface area (Å²) in [6, 6.07) is 15.0. The Balaban J connectivity index is 1.79. The Morgan fingerprint density at radius 2 is 1.75 bits per heavy atom. The van der Waals surface area contributed by atoms with Crippen LogP contribution in [-0.4, -0.2) is 30.6 Å². The molecule has 1 amide bonds. The first-order chi connectivity index (χ1) is 13.5. The topological polar surface area (TPSA) is 77.5 Å². The molecule has 2 aromatic carbocycles. The fraction of sp³-hybridized carbons (Fsp3) is 0.227. The van der Waals surface area contributed by atoms with Gasteiger partial charge in [0, 0.05) is 18.2 Å². The van der Waals surface area contributed by atoms with E-state index in [1.165, 1.54) is 7.11 Å². The molecule has 0 aliphatic heterocycles. The van der Waals surface area contributed by atoms with Crippen molar-refractivity contribution < 1.29 is 19.1 Å².